The molecule has 1 heterocycles. The zero-order chi connectivity index (χ0) is 11.6. The van der Waals surface area contributed by atoms with E-state index in [9.17, 15) is 14.7 Å². The number of epoxide rings is 1. The molecule has 4 nitrogen and oxygen atoms in total. The van der Waals surface area contributed by atoms with E-state index in [0.717, 1.165) is 0 Å². The summed E-state index contributed by atoms with van der Waals surface area (Å²) in [7, 11) is 0. The summed E-state index contributed by atoms with van der Waals surface area (Å²) in [6.45, 7) is 3.33. The molecule has 2 aliphatic rings. The maximum Gasteiger partial charge on any atom is 0.311 e. The average molecular weight is 342 g/mol. The number of fused-ring (bicyclic) bond motifs is 1. The number of carboxylic acids is 1. The summed E-state index contributed by atoms with van der Waals surface area (Å²) in [5.41, 5.74) is -1.83. The molecule has 84 valence electrons. The zero-order valence-corrected chi connectivity index (χ0v) is 11.4. The van der Waals surface area contributed by atoms with Gasteiger partial charge in [-0.25, -0.2) is 0 Å². The highest BCUT2D eigenvalue weighted by Crippen LogP contribution is 2.66. The quantitative estimate of drug-likeness (QED) is 0.608. The van der Waals surface area contributed by atoms with E-state index in [2.05, 4.69) is 31.9 Å². The van der Waals surface area contributed by atoms with Crippen LogP contribution in [0.3, 0.4) is 0 Å². The lowest BCUT2D eigenvalue weighted by Crippen LogP contribution is -2.46. The second kappa shape index (κ2) is 2.84. The van der Waals surface area contributed by atoms with Crippen molar-refractivity contribution < 1.29 is 19.4 Å². The molecule has 1 saturated heterocycles. The number of carboxylic acid groups (broad SMARTS) is 1. The molecule has 1 aliphatic heterocycles. The van der Waals surface area contributed by atoms with Crippen LogP contribution in [0.5, 0.6) is 0 Å². The number of aliphatic carboxylic acids is 1. The smallest absolute Gasteiger partial charge is 0.311 e. The maximum absolute atomic E-state index is 12.1. The van der Waals surface area contributed by atoms with Crippen molar-refractivity contribution in [3.8, 4) is 0 Å². The molecule has 6 heteroatoms. The number of rotatable bonds is 2. The second-order valence-electron chi connectivity index (χ2n) is 4.34. The Balaban J connectivity index is 2.53. The van der Waals surface area contributed by atoms with Gasteiger partial charge in [0.15, 0.2) is 11.4 Å². The van der Waals surface area contributed by atoms with Crippen molar-refractivity contribution in [1.82, 2.24) is 0 Å². The van der Waals surface area contributed by atoms with Crippen molar-refractivity contribution in [3.63, 3.8) is 0 Å². The van der Waals surface area contributed by atoms with Crippen molar-refractivity contribution in [2.24, 2.45) is 5.92 Å². The highest BCUT2D eigenvalue weighted by atomic mass is 79.9. The molecule has 0 radical (unpaired) electrons. The first-order chi connectivity index (χ1) is 6.74. The van der Waals surface area contributed by atoms with E-state index in [0.29, 0.717) is 0 Å². The number of hydrogen-bond acceptors (Lipinski definition) is 3. The zero-order valence-electron chi connectivity index (χ0n) is 8.21. The van der Waals surface area contributed by atoms with Gasteiger partial charge in [0.2, 0.25) is 0 Å². The molecule has 0 aromatic rings. The summed E-state index contributed by atoms with van der Waals surface area (Å²) in [6, 6.07) is 0. The molecule has 15 heavy (non-hydrogen) atoms. The van der Waals surface area contributed by atoms with E-state index in [1.807, 2.05) is 0 Å². The number of carbonyl (C=O) groups excluding carboxylic acids is 1. The van der Waals surface area contributed by atoms with Crippen molar-refractivity contribution in [3.05, 3.63) is 0 Å². The number of carbonyl (C=O) groups is 2. The number of ketones is 1. The van der Waals surface area contributed by atoms with Crippen LogP contribution in [0.2, 0.25) is 0 Å². The van der Waals surface area contributed by atoms with Gasteiger partial charge in [0.05, 0.1) is 0 Å². The number of halogens is 2. The summed E-state index contributed by atoms with van der Waals surface area (Å²) in [5, 5.41) is 9.46. The normalized spacial score (nSPS) is 52.8. The molecule has 0 spiro atoms. The van der Waals surface area contributed by atoms with Gasteiger partial charge in [-0.15, -0.1) is 0 Å². The van der Waals surface area contributed by atoms with Gasteiger partial charge < -0.3 is 9.84 Å². The fourth-order valence-electron chi connectivity index (χ4n) is 2.54. The van der Waals surface area contributed by atoms with Crippen LogP contribution in [0.4, 0.5) is 0 Å². The van der Waals surface area contributed by atoms with Crippen molar-refractivity contribution >= 4 is 43.6 Å². The van der Waals surface area contributed by atoms with Gasteiger partial charge in [-0.3, -0.25) is 9.59 Å². The fourth-order valence-corrected chi connectivity index (χ4v) is 4.13. The molecule has 1 aliphatic carbocycles. The second-order valence-corrected chi connectivity index (χ2v) is 6.31. The lowest BCUT2D eigenvalue weighted by atomic mass is 9.89. The van der Waals surface area contributed by atoms with Gasteiger partial charge >= 0.3 is 5.97 Å². The van der Waals surface area contributed by atoms with E-state index < -0.39 is 27.4 Å². The Kier molecular flexibility index (Phi) is 2.19. The van der Waals surface area contributed by atoms with E-state index in [1.54, 1.807) is 13.8 Å². The number of hydrogen-bond donors (Lipinski definition) is 1. The first kappa shape index (κ1) is 11.5. The fraction of sp³-hybridized carbons (Fsp3) is 0.778. The average Bonchev–Trinajstić information content (AvgIpc) is 2.64. The minimum Gasteiger partial charge on any atom is -0.481 e. The van der Waals surface area contributed by atoms with Crippen LogP contribution < -0.4 is 0 Å². The number of alkyl halides is 2. The molecule has 0 aromatic carbocycles. The van der Waals surface area contributed by atoms with Gasteiger partial charge in [0.1, 0.15) is 15.8 Å². The van der Waals surface area contributed by atoms with Crippen LogP contribution in [0, 0.1) is 5.92 Å². The Morgan fingerprint density at radius 2 is 2.13 bits per heavy atom. The molecular formula is C9H10Br2O4. The summed E-state index contributed by atoms with van der Waals surface area (Å²) in [4.78, 5) is 23.3. The summed E-state index contributed by atoms with van der Waals surface area (Å²) >= 11 is 6.45. The lowest BCUT2D eigenvalue weighted by molar-refractivity contribution is -0.147. The summed E-state index contributed by atoms with van der Waals surface area (Å²) < 4.78 is 4.28. The van der Waals surface area contributed by atoms with Gasteiger partial charge in [-0.2, -0.15) is 0 Å². The summed E-state index contributed by atoms with van der Waals surface area (Å²) in [6.07, 6.45) is 0. The molecule has 2 fully saturated rings. The Hall–Kier alpha value is 0.0600. The SMILES string of the molecule is CC12OC1(C)C(C(=O)O)C(Br)(CBr)C2=O. The van der Waals surface area contributed by atoms with Crippen molar-refractivity contribution in [1.29, 1.82) is 0 Å². The van der Waals surface area contributed by atoms with Crippen molar-refractivity contribution in [2.45, 2.75) is 29.4 Å². The monoisotopic (exact) mass is 340 g/mol. The Labute approximate surface area is 104 Å². The largest absolute Gasteiger partial charge is 0.481 e. The van der Waals surface area contributed by atoms with Crippen LogP contribution in [0.25, 0.3) is 0 Å². The molecule has 0 amide bonds. The molecule has 4 atom stereocenters. The molecular weight excluding hydrogens is 332 g/mol. The topological polar surface area (TPSA) is 66.9 Å². The van der Waals surface area contributed by atoms with Gasteiger partial charge in [0.25, 0.3) is 0 Å². The Morgan fingerprint density at radius 1 is 1.60 bits per heavy atom. The Bertz CT molecular complexity index is 371. The third-order valence-electron chi connectivity index (χ3n) is 3.58. The van der Waals surface area contributed by atoms with Crippen LogP contribution in [-0.4, -0.2) is 37.7 Å². The predicted octanol–water partition coefficient (Wildman–Crippen LogP) is 1.35. The minimum atomic E-state index is -1.05. The van der Waals surface area contributed by atoms with Gasteiger partial charge in [0, 0.05) is 5.33 Å². The molecule has 1 saturated carbocycles. The van der Waals surface area contributed by atoms with Crippen molar-refractivity contribution in [2.75, 3.05) is 5.33 Å². The molecule has 0 aromatic heterocycles. The lowest BCUT2D eigenvalue weighted by Gasteiger charge is -2.27. The van der Waals surface area contributed by atoms with E-state index in [1.165, 1.54) is 0 Å². The highest BCUT2D eigenvalue weighted by molar-refractivity contribution is 9.12. The first-order valence-electron chi connectivity index (χ1n) is 4.47. The minimum absolute atomic E-state index is 0.193. The predicted molar refractivity (Wildman–Crippen MR) is 59.5 cm³/mol. The van der Waals surface area contributed by atoms with Crippen LogP contribution in [0.15, 0.2) is 0 Å². The third-order valence-corrected chi connectivity index (χ3v) is 6.32. The highest BCUT2D eigenvalue weighted by Gasteiger charge is 2.85. The molecule has 2 rings (SSSR count). The molecule has 4 unspecified atom stereocenters. The number of Topliss-reactive ketones (excluding diaryl/α,β-unsaturated/α-hetero) is 1. The van der Waals surface area contributed by atoms with Gasteiger partial charge in [-0.05, 0) is 13.8 Å². The van der Waals surface area contributed by atoms with Crippen LogP contribution in [0.1, 0.15) is 13.8 Å². The van der Waals surface area contributed by atoms with Crippen LogP contribution >= 0.6 is 31.9 Å². The maximum atomic E-state index is 12.1. The third kappa shape index (κ3) is 1.05. The standard InChI is InChI=1S/C9H10Br2O4/c1-7-4(5(12)13)9(11,3-10)6(14)8(7,2)15-7/h4H,3H2,1-2H3,(H,12,13). The first-order valence-corrected chi connectivity index (χ1v) is 6.38. The van der Waals surface area contributed by atoms with E-state index in [-0.39, 0.29) is 11.1 Å². The van der Waals surface area contributed by atoms with E-state index >= 15 is 0 Å². The van der Waals surface area contributed by atoms with Gasteiger partial charge in [-0.1, -0.05) is 31.9 Å². The Morgan fingerprint density at radius 3 is 2.47 bits per heavy atom. The molecule has 1 N–H and O–H groups in total. The number of ether oxygens (including phenoxy) is 1. The van der Waals surface area contributed by atoms with Crippen LogP contribution in [-0.2, 0) is 14.3 Å². The molecule has 0 bridgehead atoms. The van der Waals surface area contributed by atoms with E-state index in [4.69, 9.17) is 4.74 Å². The summed E-state index contributed by atoms with van der Waals surface area (Å²) in [5.74, 6) is -2.06.